The van der Waals surface area contributed by atoms with Gasteiger partial charge in [-0.1, -0.05) is 0 Å². The first-order valence-electron chi connectivity index (χ1n) is 7.04. The Balaban J connectivity index is 2.08. The summed E-state index contributed by atoms with van der Waals surface area (Å²) in [5, 5.41) is 0. The van der Waals surface area contributed by atoms with E-state index in [9.17, 15) is 0 Å². The third-order valence-corrected chi connectivity index (χ3v) is 3.32. The Kier molecular flexibility index (Phi) is 3.89. The third-order valence-electron chi connectivity index (χ3n) is 3.32. The van der Waals surface area contributed by atoms with Gasteiger partial charge in [-0.05, 0) is 37.3 Å². The lowest BCUT2D eigenvalue weighted by atomic mass is 10.2. The van der Waals surface area contributed by atoms with Crippen LogP contribution in [0, 0.1) is 0 Å². The molecule has 6 nitrogen and oxygen atoms in total. The zero-order valence-electron chi connectivity index (χ0n) is 13.2. The SMILES string of the molecule is COc1ccc(-c2nc3cc(N=C(C)N)ccc3o2)c(OC)c1. The van der Waals surface area contributed by atoms with E-state index >= 15 is 0 Å². The van der Waals surface area contributed by atoms with Crippen LogP contribution in [0.1, 0.15) is 6.92 Å². The van der Waals surface area contributed by atoms with Crippen LogP contribution in [0.3, 0.4) is 0 Å². The van der Waals surface area contributed by atoms with Crippen molar-refractivity contribution in [2.24, 2.45) is 10.7 Å². The van der Waals surface area contributed by atoms with Gasteiger partial charge in [-0.25, -0.2) is 9.98 Å². The quantitative estimate of drug-likeness (QED) is 0.589. The molecule has 3 aromatic rings. The summed E-state index contributed by atoms with van der Waals surface area (Å²) in [6.07, 6.45) is 0. The number of aliphatic imine (C=N–C) groups is 1. The van der Waals surface area contributed by atoms with Crippen molar-refractivity contribution in [2.45, 2.75) is 6.92 Å². The van der Waals surface area contributed by atoms with E-state index in [1.54, 1.807) is 27.2 Å². The van der Waals surface area contributed by atoms with Gasteiger partial charge in [-0.2, -0.15) is 0 Å². The normalized spacial score (nSPS) is 11.7. The minimum Gasteiger partial charge on any atom is -0.497 e. The van der Waals surface area contributed by atoms with Crippen LogP contribution in [-0.4, -0.2) is 25.0 Å². The lowest BCUT2D eigenvalue weighted by molar-refractivity contribution is 0.394. The monoisotopic (exact) mass is 311 g/mol. The first-order valence-corrected chi connectivity index (χ1v) is 7.04. The Bertz CT molecular complexity index is 880. The lowest BCUT2D eigenvalue weighted by Gasteiger charge is -2.07. The van der Waals surface area contributed by atoms with E-state index < -0.39 is 0 Å². The highest BCUT2D eigenvalue weighted by Crippen LogP contribution is 2.35. The number of benzene rings is 2. The molecule has 0 bridgehead atoms. The van der Waals surface area contributed by atoms with Crippen LogP contribution in [0.5, 0.6) is 11.5 Å². The van der Waals surface area contributed by atoms with E-state index in [0.29, 0.717) is 34.3 Å². The van der Waals surface area contributed by atoms with Crippen molar-refractivity contribution >= 4 is 22.6 Å². The fourth-order valence-electron chi connectivity index (χ4n) is 2.28. The summed E-state index contributed by atoms with van der Waals surface area (Å²) in [7, 11) is 3.20. The fourth-order valence-corrected chi connectivity index (χ4v) is 2.28. The minimum absolute atomic E-state index is 0.477. The number of aromatic nitrogens is 1. The number of methoxy groups -OCH3 is 2. The molecule has 0 fully saturated rings. The van der Waals surface area contributed by atoms with Crippen LogP contribution < -0.4 is 15.2 Å². The average molecular weight is 311 g/mol. The summed E-state index contributed by atoms with van der Waals surface area (Å²) < 4.78 is 16.4. The number of hydrogen-bond donors (Lipinski definition) is 1. The van der Waals surface area contributed by atoms with Gasteiger partial charge < -0.3 is 19.6 Å². The number of rotatable bonds is 4. The van der Waals surface area contributed by atoms with Crippen LogP contribution in [0.15, 0.2) is 45.8 Å². The van der Waals surface area contributed by atoms with E-state index in [0.717, 1.165) is 11.3 Å². The predicted molar refractivity (Wildman–Crippen MR) is 89.5 cm³/mol. The van der Waals surface area contributed by atoms with Crippen LogP contribution in [-0.2, 0) is 0 Å². The van der Waals surface area contributed by atoms with Crippen molar-refractivity contribution in [1.82, 2.24) is 4.98 Å². The van der Waals surface area contributed by atoms with Crippen LogP contribution in [0.25, 0.3) is 22.6 Å². The van der Waals surface area contributed by atoms with Crippen LogP contribution >= 0.6 is 0 Å². The number of hydrogen-bond acceptors (Lipinski definition) is 5. The number of amidine groups is 1. The maximum Gasteiger partial charge on any atom is 0.231 e. The highest BCUT2D eigenvalue weighted by Gasteiger charge is 2.14. The summed E-state index contributed by atoms with van der Waals surface area (Å²) in [6, 6.07) is 11.0. The molecular formula is C17H17N3O3. The van der Waals surface area contributed by atoms with E-state index in [4.69, 9.17) is 19.6 Å². The molecule has 0 radical (unpaired) electrons. The number of ether oxygens (including phenoxy) is 2. The molecule has 118 valence electrons. The van der Waals surface area contributed by atoms with Crippen molar-refractivity contribution in [3.05, 3.63) is 36.4 Å². The van der Waals surface area contributed by atoms with Gasteiger partial charge in [0.2, 0.25) is 5.89 Å². The number of fused-ring (bicyclic) bond motifs is 1. The molecule has 2 N–H and O–H groups in total. The van der Waals surface area contributed by atoms with Crippen LogP contribution in [0.4, 0.5) is 5.69 Å². The van der Waals surface area contributed by atoms with Gasteiger partial charge in [0.25, 0.3) is 0 Å². The summed E-state index contributed by atoms with van der Waals surface area (Å²) in [5.74, 6) is 2.30. The number of nitrogens with zero attached hydrogens (tertiary/aromatic N) is 2. The van der Waals surface area contributed by atoms with E-state index in [2.05, 4.69) is 9.98 Å². The molecule has 0 aliphatic carbocycles. The zero-order valence-corrected chi connectivity index (χ0v) is 13.2. The minimum atomic E-state index is 0.477. The van der Waals surface area contributed by atoms with Gasteiger partial charge in [-0.15, -0.1) is 0 Å². The third kappa shape index (κ3) is 2.96. The molecule has 0 saturated carbocycles. The second-order valence-corrected chi connectivity index (χ2v) is 4.99. The fraction of sp³-hybridized carbons (Fsp3) is 0.176. The van der Waals surface area contributed by atoms with Gasteiger partial charge in [-0.3, -0.25) is 0 Å². The Hall–Kier alpha value is -3.02. The van der Waals surface area contributed by atoms with E-state index in [1.807, 2.05) is 30.3 Å². The highest BCUT2D eigenvalue weighted by atomic mass is 16.5. The molecule has 0 spiro atoms. The molecule has 0 aliphatic heterocycles. The predicted octanol–water partition coefficient (Wildman–Crippen LogP) is 3.52. The molecule has 6 heteroatoms. The maximum absolute atomic E-state index is 5.82. The molecule has 0 aliphatic rings. The number of nitrogens with two attached hydrogens (primary N) is 1. The molecule has 1 aromatic heterocycles. The highest BCUT2D eigenvalue weighted by molar-refractivity contribution is 5.84. The van der Waals surface area contributed by atoms with Crippen molar-refractivity contribution < 1.29 is 13.9 Å². The largest absolute Gasteiger partial charge is 0.497 e. The van der Waals surface area contributed by atoms with Gasteiger partial charge in [0, 0.05) is 6.07 Å². The molecule has 0 unspecified atom stereocenters. The Labute approximate surface area is 133 Å². The lowest BCUT2D eigenvalue weighted by Crippen LogP contribution is -2.03. The Morgan fingerprint density at radius 1 is 1.13 bits per heavy atom. The van der Waals surface area contributed by atoms with Gasteiger partial charge in [0.15, 0.2) is 5.58 Å². The van der Waals surface area contributed by atoms with Gasteiger partial charge in [0.1, 0.15) is 17.0 Å². The summed E-state index contributed by atoms with van der Waals surface area (Å²) >= 11 is 0. The van der Waals surface area contributed by atoms with Crippen molar-refractivity contribution in [3.63, 3.8) is 0 Å². The van der Waals surface area contributed by atoms with Gasteiger partial charge >= 0.3 is 0 Å². The van der Waals surface area contributed by atoms with E-state index in [-0.39, 0.29) is 0 Å². The van der Waals surface area contributed by atoms with Crippen molar-refractivity contribution in [2.75, 3.05) is 14.2 Å². The molecule has 23 heavy (non-hydrogen) atoms. The molecule has 2 aromatic carbocycles. The molecule has 0 saturated heterocycles. The average Bonchev–Trinajstić information content (AvgIpc) is 2.96. The molecule has 3 rings (SSSR count). The Morgan fingerprint density at radius 3 is 2.65 bits per heavy atom. The second kappa shape index (κ2) is 6.00. The second-order valence-electron chi connectivity index (χ2n) is 4.99. The smallest absolute Gasteiger partial charge is 0.231 e. The van der Waals surface area contributed by atoms with Crippen LogP contribution in [0.2, 0.25) is 0 Å². The van der Waals surface area contributed by atoms with Crippen molar-refractivity contribution in [1.29, 1.82) is 0 Å². The standard InChI is InChI=1S/C17H17N3O3/c1-10(18)19-11-4-7-15-14(8-11)20-17(23-15)13-6-5-12(21-2)9-16(13)22-3/h4-9H,1-3H3,(H2,18,19). The van der Waals surface area contributed by atoms with Crippen molar-refractivity contribution in [3.8, 4) is 23.0 Å². The topological polar surface area (TPSA) is 82.9 Å². The zero-order chi connectivity index (χ0) is 16.4. The Morgan fingerprint density at radius 2 is 1.96 bits per heavy atom. The number of oxazole rings is 1. The molecular weight excluding hydrogens is 294 g/mol. The molecule has 0 amide bonds. The molecule has 1 heterocycles. The summed E-state index contributed by atoms with van der Waals surface area (Å²) in [5.41, 5.74) is 8.48. The summed E-state index contributed by atoms with van der Waals surface area (Å²) in [6.45, 7) is 1.74. The summed E-state index contributed by atoms with van der Waals surface area (Å²) in [4.78, 5) is 8.74. The first kappa shape index (κ1) is 14.9. The molecule has 0 atom stereocenters. The van der Waals surface area contributed by atoms with E-state index in [1.165, 1.54) is 0 Å². The first-order chi connectivity index (χ1) is 11.1. The van der Waals surface area contributed by atoms with Gasteiger partial charge in [0.05, 0.1) is 31.3 Å². The maximum atomic E-state index is 5.82.